The highest BCUT2D eigenvalue weighted by molar-refractivity contribution is 5.50. The average molecular weight is 312 g/mol. The zero-order valence-electron chi connectivity index (χ0n) is 13.5. The molecule has 0 atom stereocenters. The summed E-state index contributed by atoms with van der Waals surface area (Å²) in [6.07, 6.45) is 9.97. The minimum Gasteiger partial charge on any atom is -0.193 e. The van der Waals surface area contributed by atoms with Crippen molar-refractivity contribution in [3.8, 4) is 12.1 Å². The summed E-state index contributed by atoms with van der Waals surface area (Å²) in [4.78, 5) is 0. The molecule has 24 heavy (non-hydrogen) atoms. The van der Waals surface area contributed by atoms with Crippen LogP contribution in [-0.2, 0) is 0 Å². The van der Waals surface area contributed by atoms with Crippen LogP contribution in [0.3, 0.4) is 0 Å². The maximum Gasteiger partial charge on any atom is 0.0912 e. The predicted octanol–water partition coefficient (Wildman–Crippen LogP) is 5.81. The summed E-state index contributed by atoms with van der Waals surface area (Å²) in [5.74, 6) is 0. The minimum atomic E-state index is 1.14. The van der Waals surface area contributed by atoms with Crippen molar-refractivity contribution in [2.24, 2.45) is 0 Å². The van der Waals surface area contributed by atoms with Crippen LogP contribution in [0.5, 0.6) is 0 Å². The van der Waals surface area contributed by atoms with Crippen LogP contribution in [0.25, 0.3) is 12.2 Å². The third-order valence-electron chi connectivity index (χ3n) is 2.50. The second-order valence-corrected chi connectivity index (χ2v) is 4.21. The van der Waals surface area contributed by atoms with E-state index in [-0.39, 0.29) is 0 Å². The van der Waals surface area contributed by atoms with E-state index in [2.05, 4.69) is 13.2 Å². The van der Waals surface area contributed by atoms with Crippen LogP contribution in [0.1, 0.15) is 11.1 Å². The zero-order chi connectivity index (χ0) is 17.9. The number of nitrogens with zero attached hydrogens (tertiary/aromatic N) is 2. The molecule has 2 aromatic rings. The summed E-state index contributed by atoms with van der Waals surface area (Å²) in [5.41, 5.74) is 2.31. The first-order valence-corrected chi connectivity index (χ1v) is 7.24. The van der Waals surface area contributed by atoms with Gasteiger partial charge in [-0.15, -0.1) is 0 Å². The summed E-state index contributed by atoms with van der Waals surface area (Å²) >= 11 is 0. The molecule has 0 unspecified atom stereocenters. The van der Waals surface area contributed by atoms with Gasteiger partial charge in [0.05, 0.1) is 12.1 Å². The molecule has 0 heterocycles. The van der Waals surface area contributed by atoms with Crippen molar-refractivity contribution in [1.29, 1.82) is 10.5 Å². The van der Waals surface area contributed by atoms with Gasteiger partial charge in [-0.2, -0.15) is 10.5 Å². The highest BCUT2D eigenvalue weighted by atomic mass is 14.2. The van der Waals surface area contributed by atoms with Crippen molar-refractivity contribution in [1.82, 2.24) is 0 Å². The normalized spacial score (nSPS) is 8.75. The monoisotopic (exact) mass is 312 g/mol. The summed E-state index contributed by atoms with van der Waals surface area (Å²) in [6.45, 7) is 6.75. The number of rotatable bonds is 3. The molecule has 0 bridgehead atoms. The van der Waals surface area contributed by atoms with Gasteiger partial charge < -0.3 is 0 Å². The summed E-state index contributed by atoms with van der Waals surface area (Å²) in [5, 5.41) is 15.7. The van der Waals surface area contributed by atoms with Crippen molar-refractivity contribution < 1.29 is 0 Å². The lowest BCUT2D eigenvalue weighted by molar-refractivity contribution is 1.53. The number of allylic oxidation sites excluding steroid dienone is 4. The first-order valence-electron chi connectivity index (χ1n) is 7.24. The Hall–Kier alpha value is -3.62. The Morgan fingerprint density at radius 1 is 0.708 bits per heavy atom. The molecule has 0 N–H and O–H groups in total. The Labute approximate surface area is 144 Å². The van der Waals surface area contributed by atoms with Gasteiger partial charge in [0.15, 0.2) is 0 Å². The van der Waals surface area contributed by atoms with E-state index in [0.717, 1.165) is 5.56 Å². The fourth-order valence-corrected chi connectivity index (χ4v) is 1.42. The van der Waals surface area contributed by atoms with E-state index >= 15 is 0 Å². The van der Waals surface area contributed by atoms with Crippen LogP contribution in [0.15, 0.2) is 98.1 Å². The van der Waals surface area contributed by atoms with Crippen LogP contribution < -0.4 is 0 Å². The lowest BCUT2D eigenvalue weighted by Gasteiger charge is -1.87. The molecule has 0 amide bonds. The average Bonchev–Trinajstić information content (AvgIpc) is 2.67. The van der Waals surface area contributed by atoms with E-state index in [0.29, 0.717) is 0 Å². The lowest BCUT2D eigenvalue weighted by atomic mass is 10.2. The third kappa shape index (κ3) is 12.1. The molecule has 2 rings (SSSR count). The molecule has 0 aromatic heterocycles. The first kappa shape index (κ1) is 20.4. The summed E-state index contributed by atoms with van der Waals surface area (Å²) in [6, 6.07) is 23.6. The highest BCUT2D eigenvalue weighted by Crippen LogP contribution is 2.00. The van der Waals surface area contributed by atoms with Crippen LogP contribution in [0.4, 0.5) is 0 Å². The molecule has 0 aliphatic heterocycles. The maximum atomic E-state index is 8.19. The first-order chi connectivity index (χ1) is 11.8. The molecule has 2 heteroatoms. The van der Waals surface area contributed by atoms with E-state index in [1.165, 1.54) is 17.7 Å². The number of nitriles is 2. The Kier molecular flexibility index (Phi) is 13.4. The quantitative estimate of drug-likeness (QED) is 0.530. The lowest BCUT2D eigenvalue weighted by Crippen LogP contribution is -1.66. The molecule has 0 radical (unpaired) electrons. The van der Waals surface area contributed by atoms with E-state index < -0.39 is 0 Å². The summed E-state index contributed by atoms with van der Waals surface area (Å²) in [7, 11) is 0. The molecule has 0 aliphatic carbocycles. The van der Waals surface area contributed by atoms with Crippen molar-refractivity contribution in [3.05, 3.63) is 109 Å². The Morgan fingerprint density at radius 2 is 1.21 bits per heavy atom. The highest BCUT2D eigenvalue weighted by Gasteiger charge is 1.79. The maximum absolute atomic E-state index is 8.19. The molecule has 2 aromatic carbocycles. The van der Waals surface area contributed by atoms with Gasteiger partial charge in [-0.1, -0.05) is 98.1 Å². The van der Waals surface area contributed by atoms with Crippen molar-refractivity contribution in [3.63, 3.8) is 0 Å². The number of benzene rings is 2. The van der Waals surface area contributed by atoms with Gasteiger partial charge in [-0.05, 0) is 11.1 Å². The van der Waals surface area contributed by atoms with Gasteiger partial charge in [0, 0.05) is 12.2 Å². The van der Waals surface area contributed by atoms with Gasteiger partial charge in [0.2, 0.25) is 0 Å². The van der Waals surface area contributed by atoms with Crippen LogP contribution >= 0.6 is 0 Å². The van der Waals surface area contributed by atoms with Gasteiger partial charge in [0.1, 0.15) is 0 Å². The SMILES string of the molecule is C=CC#N.C=Cc1ccccc1.N#CC=CC=Cc1ccccc1. The Bertz CT molecular complexity index is 712. The second-order valence-electron chi connectivity index (χ2n) is 4.21. The molecule has 2 nitrogen and oxygen atoms in total. The van der Waals surface area contributed by atoms with Gasteiger partial charge in [-0.3, -0.25) is 0 Å². The van der Waals surface area contributed by atoms with Crippen LogP contribution in [0, 0.1) is 22.7 Å². The standard InChI is InChI=1S/C11H9N.C8H8.C3H3N/c12-10-6-2-5-9-11-7-3-1-4-8-11;1-2-8-6-4-3-5-7-8;1-2-3-4/h1-9H;2-7H,1H2;2H,1H2. The van der Waals surface area contributed by atoms with E-state index in [1.54, 1.807) is 12.1 Å². The Morgan fingerprint density at radius 3 is 1.58 bits per heavy atom. The molecule has 118 valence electrons. The van der Waals surface area contributed by atoms with E-state index in [4.69, 9.17) is 10.5 Å². The van der Waals surface area contributed by atoms with Crippen molar-refractivity contribution >= 4 is 12.2 Å². The zero-order valence-corrected chi connectivity index (χ0v) is 13.5. The van der Waals surface area contributed by atoms with Crippen molar-refractivity contribution in [2.75, 3.05) is 0 Å². The van der Waals surface area contributed by atoms with Gasteiger partial charge >= 0.3 is 0 Å². The summed E-state index contributed by atoms with van der Waals surface area (Å²) < 4.78 is 0. The number of hydrogen-bond donors (Lipinski definition) is 0. The van der Waals surface area contributed by atoms with E-state index in [9.17, 15) is 0 Å². The van der Waals surface area contributed by atoms with Crippen molar-refractivity contribution in [2.45, 2.75) is 0 Å². The molecule has 0 saturated carbocycles. The topological polar surface area (TPSA) is 47.6 Å². The largest absolute Gasteiger partial charge is 0.193 e. The molecule has 0 spiro atoms. The van der Waals surface area contributed by atoms with Crippen LogP contribution in [0.2, 0.25) is 0 Å². The number of hydrogen-bond acceptors (Lipinski definition) is 2. The Balaban J connectivity index is 0.000000379. The molecular formula is C22H20N2. The van der Waals surface area contributed by atoms with E-state index in [1.807, 2.05) is 85.0 Å². The molecular weight excluding hydrogens is 292 g/mol. The second kappa shape index (κ2) is 15.8. The van der Waals surface area contributed by atoms with Gasteiger partial charge in [-0.25, -0.2) is 0 Å². The predicted molar refractivity (Wildman–Crippen MR) is 103 cm³/mol. The fourth-order valence-electron chi connectivity index (χ4n) is 1.42. The fraction of sp³-hybridized carbons (Fsp3) is 0. The van der Waals surface area contributed by atoms with Gasteiger partial charge in [0.25, 0.3) is 0 Å². The molecule has 0 saturated heterocycles. The smallest absolute Gasteiger partial charge is 0.0912 e. The molecule has 0 fully saturated rings. The van der Waals surface area contributed by atoms with Crippen LogP contribution in [-0.4, -0.2) is 0 Å². The minimum absolute atomic E-state index is 1.14. The molecule has 0 aliphatic rings. The third-order valence-corrected chi connectivity index (χ3v) is 2.50.